The van der Waals surface area contributed by atoms with Crippen molar-refractivity contribution in [3.63, 3.8) is 0 Å². The van der Waals surface area contributed by atoms with Gasteiger partial charge in [-0.3, -0.25) is 9.59 Å². The molecule has 0 spiro atoms. The summed E-state index contributed by atoms with van der Waals surface area (Å²) in [6.45, 7) is 6.86. The van der Waals surface area contributed by atoms with Crippen LogP contribution in [0.1, 0.15) is 55.7 Å². The Balaban J connectivity index is 1.63. The molecule has 2 aliphatic heterocycles. The molecule has 5 rings (SSSR count). The molecule has 1 N–H and O–H groups in total. The number of aliphatic hydroxyl groups is 1. The number of benzene rings is 2. The lowest BCUT2D eigenvalue weighted by atomic mass is 9.94. The number of nitrogens with zero attached hydrogens (tertiary/aromatic N) is 1. The van der Waals surface area contributed by atoms with Crippen LogP contribution in [0.4, 0.5) is 0 Å². The maximum atomic E-state index is 13.4. The Labute approximate surface area is 221 Å². The van der Waals surface area contributed by atoms with Crippen LogP contribution in [0.5, 0.6) is 17.2 Å². The number of carbonyl (C=O) groups excluding carboxylic acids is 2. The second kappa shape index (κ2) is 10.7. The zero-order valence-electron chi connectivity index (χ0n) is 21.7. The number of ether oxygens (including phenoxy) is 3. The Bertz CT molecular complexity index is 1380. The minimum absolute atomic E-state index is 0.0122. The average Bonchev–Trinajstić information content (AvgIpc) is 3.62. The summed E-state index contributed by atoms with van der Waals surface area (Å²) in [7, 11) is 0. The van der Waals surface area contributed by atoms with E-state index in [-0.39, 0.29) is 24.0 Å². The third-order valence-electron chi connectivity index (χ3n) is 6.66. The van der Waals surface area contributed by atoms with Crippen LogP contribution in [0.2, 0.25) is 0 Å². The van der Waals surface area contributed by atoms with E-state index in [2.05, 4.69) is 0 Å². The van der Waals surface area contributed by atoms with Crippen LogP contribution in [-0.4, -0.2) is 41.0 Å². The molecule has 2 atom stereocenters. The molecule has 2 aliphatic rings. The summed E-state index contributed by atoms with van der Waals surface area (Å²) >= 11 is 0. The number of amides is 1. The van der Waals surface area contributed by atoms with E-state index in [4.69, 9.17) is 18.6 Å². The van der Waals surface area contributed by atoms with Gasteiger partial charge in [-0.25, -0.2) is 0 Å². The van der Waals surface area contributed by atoms with E-state index in [1.165, 1.54) is 11.2 Å². The molecule has 198 valence electrons. The minimum atomic E-state index is -0.858. The molecule has 1 fully saturated rings. The van der Waals surface area contributed by atoms with Crippen molar-refractivity contribution in [3.8, 4) is 17.2 Å². The predicted molar refractivity (Wildman–Crippen MR) is 140 cm³/mol. The van der Waals surface area contributed by atoms with E-state index >= 15 is 0 Å². The Morgan fingerprint density at radius 2 is 1.92 bits per heavy atom. The number of rotatable bonds is 9. The molecule has 0 unspecified atom stereocenters. The minimum Gasteiger partial charge on any atom is -0.507 e. The highest BCUT2D eigenvalue weighted by Gasteiger charge is 2.46. The second-order valence-electron chi connectivity index (χ2n) is 9.45. The number of likely N-dealkylation sites (tertiary alicyclic amines) is 1. The summed E-state index contributed by atoms with van der Waals surface area (Å²) in [6.07, 6.45) is 3.08. The lowest BCUT2D eigenvalue weighted by Gasteiger charge is -2.25. The standard InChI is InChI=1S/C30H31NO7/c1-4-12-37-24-11-8-19(16-25(24)35-5-2)27-26(29(33)30(34)31(27)17-22-7-6-13-36-22)28(32)20-9-10-23-21(15-20)14-18(3)38-23/h6-11,13,15-16,18,27,32H,4-5,12,14,17H2,1-3H3/b28-26+/t18-,27-/m1/s1. The van der Waals surface area contributed by atoms with Crippen LogP contribution in [-0.2, 0) is 22.6 Å². The van der Waals surface area contributed by atoms with Crippen LogP contribution in [0.3, 0.4) is 0 Å². The quantitative estimate of drug-likeness (QED) is 0.230. The predicted octanol–water partition coefficient (Wildman–Crippen LogP) is 5.41. The number of fused-ring (bicyclic) bond motifs is 1. The smallest absolute Gasteiger partial charge is 0.296 e. The SMILES string of the molecule is CCCOc1ccc([C@@H]2/C(=C(\O)c3ccc4c(c3)C[C@@H](C)O4)C(=O)C(=O)N2Cc2ccco2)cc1OCC. The van der Waals surface area contributed by atoms with Gasteiger partial charge in [0.25, 0.3) is 11.7 Å². The number of carbonyl (C=O) groups is 2. The summed E-state index contributed by atoms with van der Waals surface area (Å²) in [4.78, 5) is 28.2. The van der Waals surface area contributed by atoms with Gasteiger partial charge in [-0.15, -0.1) is 0 Å². The number of hydrogen-bond donors (Lipinski definition) is 1. The van der Waals surface area contributed by atoms with Crippen LogP contribution in [0, 0.1) is 0 Å². The Kier molecular flexibility index (Phi) is 7.13. The largest absolute Gasteiger partial charge is 0.507 e. The molecule has 3 heterocycles. The molecule has 1 aromatic heterocycles. The first kappa shape index (κ1) is 25.4. The summed E-state index contributed by atoms with van der Waals surface area (Å²) in [6, 6.07) is 13.3. The fourth-order valence-electron chi connectivity index (χ4n) is 4.98. The third kappa shape index (κ3) is 4.74. The van der Waals surface area contributed by atoms with Gasteiger partial charge in [0.1, 0.15) is 23.4 Å². The van der Waals surface area contributed by atoms with Gasteiger partial charge in [0.05, 0.1) is 37.6 Å². The van der Waals surface area contributed by atoms with Gasteiger partial charge in [-0.1, -0.05) is 13.0 Å². The lowest BCUT2D eigenvalue weighted by Crippen LogP contribution is -2.29. The molecule has 1 amide bonds. The van der Waals surface area contributed by atoms with Crippen molar-refractivity contribution in [1.82, 2.24) is 4.90 Å². The number of Topliss-reactive ketones (excluding diaryl/α,β-unsaturated/α-hetero) is 1. The summed E-state index contributed by atoms with van der Waals surface area (Å²) in [5.41, 5.74) is 2.02. The Morgan fingerprint density at radius 3 is 2.66 bits per heavy atom. The first-order chi connectivity index (χ1) is 18.4. The second-order valence-corrected chi connectivity index (χ2v) is 9.45. The zero-order valence-corrected chi connectivity index (χ0v) is 21.7. The summed E-state index contributed by atoms with van der Waals surface area (Å²) < 4.78 is 23.0. The third-order valence-corrected chi connectivity index (χ3v) is 6.66. The van der Waals surface area contributed by atoms with E-state index in [1.807, 2.05) is 26.8 Å². The van der Waals surface area contributed by atoms with Gasteiger partial charge in [0.15, 0.2) is 11.5 Å². The van der Waals surface area contributed by atoms with Crippen LogP contribution >= 0.6 is 0 Å². The molecule has 0 aliphatic carbocycles. The van der Waals surface area contributed by atoms with Gasteiger partial charge in [-0.05, 0) is 73.9 Å². The molecule has 2 aromatic carbocycles. The van der Waals surface area contributed by atoms with E-state index in [0.717, 1.165) is 17.7 Å². The monoisotopic (exact) mass is 517 g/mol. The highest BCUT2D eigenvalue weighted by atomic mass is 16.5. The molecule has 3 aromatic rings. The molecule has 8 heteroatoms. The maximum Gasteiger partial charge on any atom is 0.296 e. The Hall–Kier alpha value is -4.20. The molecule has 0 radical (unpaired) electrons. The number of furan rings is 1. The van der Waals surface area contributed by atoms with Gasteiger partial charge >= 0.3 is 0 Å². The van der Waals surface area contributed by atoms with Crippen molar-refractivity contribution in [3.05, 3.63) is 82.8 Å². The summed E-state index contributed by atoms with van der Waals surface area (Å²) in [5, 5.41) is 11.5. The van der Waals surface area contributed by atoms with Crippen molar-refractivity contribution in [2.75, 3.05) is 13.2 Å². The van der Waals surface area contributed by atoms with Crippen molar-refractivity contribution in [2.45, 2.75) is 52.3 Å². The number of hydrogen-bond acceptors (Lipinski definition) is 7. The number of aliphatic hydroxyl groups excluding tert-OH is 1. The fourth-order valence-corrected chi connectivity index (χ4v) is 4.98. The van der Waals surface area contributed by atoms with E-state index in [1.54, 1.807) is 42.5 Å². The van der Waals surface area contributed by atoms with Crippen molar-refractivity contribution in [1.29, 1.82) is 0 Å². The van der Waals surface area contributed by atoms with Crippen LogP contribution < -0.4 is 14.2 Å². The van der Waals surface area contributed by atoms with Crippen LogP contribution in [0.25, 0.3) is 5.76 Å². The van der Waals surface area contributed by atoms with Gasteiger partial charge in [0, 0.05) is 12.0 Å². The molecular formula is C30H31NO7. The van der Waals surface area contributed by atoms with E-state index in [0.29, 0.717) is 48.0 Å². The van der Waals surface area contributed by atoms with Crippen molar-refractivity contribution in [2.24, 2.45) is 0 Å². The molecule has 0 saturated carbocycles. The van der Waals surface area contributed by atoms with Crippen molar-refractivity contribution >= 4 is 17.4 Å². The van der Waals surface area contributed by atoms with E-state index in [9.17, 15) is 14.7 Å². The summed E-state index contributed by atoms with van der Waals surface area (Å²) in [5.74, 6) is 0.658. The average molecular weight is 518 g/mol. The molecule has 1 saturated heterocycles. The van der Waals surface area contributed by atoms with Gasteiger partial charge < -0.3 is 28.6 Å². The van der Waals surface area contributed by atoms with Gasteiger partial charge in [-0.2, -0.15) is 0 Å². The topological polar surface area (TPSA) is 98.4 Å². The molecule has 0 bridgehead atoms. The maximum absolute atomic E-state index is 13.4. The van der Waals surface area contributed by atoms with Gasteiger partial charge in [0.2, 0.25) is 0 Å². The highest BCUT2D eigenvalue weighted by Crippen LogP contribution is 2.43. The highest BCUT2D eigenvalue weighted by molar-refractivity contribution is 6.46. The number of ketones is 1. The molecular weight excluding hydrogens is 486 g/mol. The Morgan fingerprint density at radius 1 is 1.08 bits per heavy atom. The fraction of sp³-hybridized carbons (Fsp3) is 0.333. The van der Waals surface area contributed by atoms with Crippen LogP contribution in [0.15, 0.2) is 64.8 Å². The molecule has 8 nitrogen and oxygen atoms in total. The van der Waals surface area contributed by atoms with E-state index < -0.39 is 17.7 Å². The first-order valence-corrected chi connectivity index (χ1v) is 12.9. The lowest BCUT2D eigenvalue weighted by molar-refractivity contribution is -0.140. The van der Waals surface area contributed by atoms with Crippen molar-refractivity contribution < 1.29 is 33.3 Å². The zero-order chi connectivity index (χ0) is 26.8. The molecule has 38 heavy (non-hydrogen) atoms. The first-order valence-electron chi connectivity index (χ1n) is 12.9. The normalized spacial score (nSPS) is 19.9.